The first kappa shape index (κ1) is 16.0. The molecule has 0 atom stereocenters. The Morgan fingerprint density at radius 2 is 1.58 bits per heavy atom. The van der Waals surface area contributed by atoms with Crippen molar-refractivity contribution in [2.24, 2.45) is 5.10 Å². The lowest BCUT2D eigenvalue weighted by Crippen LogP contribution is -2.21. The molecule has 0 unspecified atom stereocenters. The molecule has 0 aliphatic carbocycles. The number of carbonyl (C=O) groups is 1. The number of hydrogen-bond acceptors (Lipinski definition) is 3. The van der Waals surface area contributed by atoms with Crippen LogP contribution in [0.25, 0.3) is 6.08 Å². The molecule has 122 valence electrons. The highest BCUT2D eigenvalue weighted by molar-refractivity contribution is 6.32. The van der Waals surface area contributed by atoms with E-state index in [0.29, 0.717) is 5.57 Å². The van der Waals surface area contributed by atoms with Gasteiger partial charge in [-0.25, -0.2) is 0 Å². The van der Waals surface area contributed by atoms with Gasteiger partial charge in [0.2, 0.25) is 0 Å². The maximum Gasteiger partial charge on any atom is 0.280 e. The summed E-state index contributed by atoms with van der Waals surface area (Å²) < 4.78 is 0. The van der Waals surface area contributed by atoms with Crippen molar-refractivity contribution in [3.63, 3.8) is 0 Å². The van der Waals surface area contributed by atoms with Gasteiger partial charge < -0.3 is 4.90 Å². The quantitative estimate of drug-likeness (QED) is 0.805. The van der Waals surface area contributed by atoms with E-state index >= 15 is 0 Å². The molecule has 0 radical (unpaired) electrons. The Balaban J connectivity index is 1.88. The highest BCUT2D eigenvalue weighted by atomic mass is 16.2. The van der Waals surface area contributed by atoms with Gasteiger partial charge in [-0.05, 0) is 49.8 Å². The van der Waals surface area contributed by atoms with E-state index in [9.17, 15) is 4.79 Å². The SMILES string of the molecule is CC1=NN(c2ccc(C)cc2)C(=O)/C1=C\c1ccc(N(C)C)cc1. The monoisotopic (exact) mass is 319 g/mol. The summed E-state index contributed by atoms with van der Waals surface area (Å²) in [5.41, 5.74) is 5.43. The van der Waals surface area contributed by atoms with Crippen LogP contribution in [0.3, 0.4) is 0 Å². The van der Waals surface area contributed by atoms with Gasteiger partial charge in [-0.2, -0.15) is 10.1 Å². The highest BCUT2D eigenvalue weighted by Crippen LogP contribution is 2.25. The van der Waals surface area contributed by atoms with Crippen molar-refractivity contribution in [3.8, 4) is 0 Å². The van der Waals surface area contributed by atoms with Gasteiger partial charge in [0.05, 0.1) is 17.0 Å². The summed E-state index contributed by atoms with van der Waals surface area (Å²) in [4.78, 5) is 14.8. The van der Waals surface area contributed by atoms with Gasteiger partial charge in [-0.3, -0.25) is 4.79 Å². The zero-order chi connectivity index (χ0) is 17.3. The molecular formula is C20H21N3O. The third-order valence-electron chi connectivity index (χ3n) is 4.06. The van der Waals surface area contributed by atoms with E-state index in [2.05, 4.69) is 5.10 Å². The predicted octanol–water partition coefficient (Wildman–Crippen LogP) is 3.87. The Kier molecular flexibility index (Phi) is 4.21. The average Bonchev–Trinajstić information content (AvgIpc) is 2.84. The Bertz CT molecular complexity index is 815. The predicted molar refractivity (Wildman–Crippen MR) is 101 cm³/mol. The summed E-state index contributed by atoms with van der Waals surface area (Å²) >= 11 is 0. The first-order valence-electron chi connectivity index (χ1n) is 7.91. The number of hydrazone groups is 1. The van der Waals surface area contributed by atoms with Gasteiger partial charge in [0, 0.05) is 19.8 Å². The van der Waals surface area contributed by atoms with Crippen molar-refractivity contribution < 1.29 is 4.79 Å². The fourth-order valence-electron chi connectivity index (χ4n) is 2.58. The molecule has 0 fully saturated rings. The molecule has 0 spiro atoms. The van der Waals surface area contributed by atoms with E-state index in [4.69, 9.17) is 0 Å². The Hall–Kier alpha value is -2.88. The highest BCUT2D eigenvalue weighted by Gasteiger charge is 2.28. The van der Waals surface area contributed by atoms with E-state index in [1.807, 2.05) is 87.4 Å². The van der Waals surface area contributed by atoms with Crippen LogP contribution >= 0.6 is 0 Å². The molecule has 2 aromatic rings. The zero-order valence-corrected chi connectivity index (χ0v) is 14.4. The maximum absolute atomic E-state index is 12.7. The number of anilines is 2. The van der Waals surface area contributed by atoms with Crippen LogP contribution in [0.1, 0.15) is 18.1 Å². The number of nitrogens with zero attached hydrogens (tertiary/aromatic N) is 3. The molecule has 0 saturated carbocycles. The van der Waals surface area contributed by atoms with E-state index in [1.54, 1.807) is 0 Å². The second-order valence-electron chi connectivity index (χ2n) is 6.18. The van der Waals surface area contributed by atoms with Crippen molar-refractivity contribution >= 4 is 29.1 Å². The van der Waals surface area contributed by atoms with Gasteiger partial charge >= 0.3 is 0 Å². The standard InChI is InChI=1S/C20H21N3O/c1-14-5-9-18(10-6-14)23-20(24)19(15(2)21-23)13-16-7-11-17(12-8-16)22(3)4/h5-13H,1-4H3/b19-13-. The van der Waals surface area contributed by atoms with Crippen LogP contribution < -0.4 is 9.91 Å². The van der Waals surface area contributed by atoms with Crippen LogP contribution in [0.2, 0.25) is 0 Å². The summed E-state index contributed by atoms with van der Waals surface area (Å²) in [5.74, 6) is -0.0898. The maximum atomic E-state index is 12.7. The fraction of sp³-hybridized carbons (Fsp3) is 0.200. The molecule has 0 bridgehead atoms. The minimum Gasteiger partial charge on any atom is -0.378 e. The second-order valence-corrected chi connectivity index (χ2v) is 6.18. The summed E-state index contributed by atoms with van der Waals surface area (Å²) in [6.07, 6.45) is 1.90. The van der Waals surface area contributed by atoms with Gasteiger partial charge in [0.25, 0.3) is 5.91 Å². The molecule has 24 heavy (non-hydrogen) atoms. The number of carbonyl (C=O) groups excluding carboxylic acids is 1. The number of hydrogen-bond donors (Lipinski definition) is 0. The van der Waals surface area contributed by atoms with E-state index in [0.717, 1.165) is 28.2 Å². The van der Waals surface area contributed by atoms with Gasteiger partial charge in [0.1, 0.15) is 0 Å². The Morgan fingerprint density at radius 1 is 0.958 bits per heavy atom. The minimum absolute atomic E-state index is 0.0898. The lowest BCUT2D eigenvalue weighted by atomic mass is 10.1. The Labute approximate surface area is 142 Å². The van der Waals surface area contributed by atoms with Gasteiger partial charge in [-0.15, -0.1) is 0 Å². The molecule has 1 amide bonds. The number of amides is 1. The zero-order valence-electron chi connectivity index (χ0n) is 14.4. The average molecular weight is 319 g/mol. The topological polar surface area (TPSA) is 35.9 Å². The van der Waals surface area contributed by atoms with Crippen molar-refractivity contribution in [2.45, 2.75) is 13.8 Å². The van der Waals surface area contributed by atoms with Crippen LogP contribution in [-0.4, -0.2) is 25.7 Å². The molecule has 4 nitrogen and oxygen atoms in total. The molecular weight excluding hydrogens is 298 g/mol. The van der Waals surface area contributed by atoms with Crippen molar-refractivity contribution in [3.05, 3.63) is 65.2 Å². The number of rotatable bonds is 3. The molecule has 4 heteroatoms. The molecule has 2 aromatic carbocycles. The van der Waals surface area contributed by atoms with Crippen molar-refractivity contribution in [2.75, 3.05) is 24.0 Å². The van der Waals surface area contributed by atoms with Gasteiger partial charge in [-0.1, -0.05) is 29.8 Å². The summed E-state index contributed by atoms with van der Waals surface area (Å²) in [7, 11) is 4.01. The van der Waals surface area contributed by atoms with E-state index in [-0.39, 0.29) is 5.91 Å². The molecule has 1 aliphatic rings. The van der Waals surface area contributed by atoms with Crippen LogP contribution in [-0.2, 0) is 4.79 Å². The molecule has 1 aliphatic heterocycles. The molecule has 1 heterocycles. The summed E-state index contributed by atoms with van der Waals surface area (Å²) in [6.45, 7) is 3.89. The van der Waals surface area contributed by atoms with Crippen LogP contribution in [0.5, 0.6) is 0 Å². The van der Waals surface area contributed by atoms with E-state index in [1.165, 1.54) is 5.01 Å². The molecule has 0 N–H and O–H groups in total. The lowest BCUT2D eigenvalue weighted by molar-refractivity contribution is -0.114. The van der Waals surface area contributed by atoms with Crippen LogP contribution in [0, 0.1) is 6.92 Å². The molecule has 0 aromatic heterocycles. The van der Waals surface area contributed by atoms with Crippen molar-refractivity contribution in [1.82, 2.24) is 0 Å². The first-order chi connectivity index (χ1) is 11.5. The normalized spacial score (nSPS) is 15.8. The third kappa shape index (κ3) is 3.08. The van der Waals surface area contributed by atoms with Crippen LogP contribution in [0.15, 0.2) is 59.2 Å². The fourth-order valence-corrected chi connectivity index (χ4v) is 2.58. The lowest BCUT2D eigenvalue weighted by Gasteiger charge is -2.12. The van der Waals surface area contributed by atoms with Crippen molar-refractivity contribution in [1.29, 1.82) is 0 Å². The molecule has 3 rings (SSSR count). The van der Waals surface area contributed by atoms with E-state index < -0.39 is 0 Å². The van der Waals surface area contributed by atoms with Crippen LogP contribution in [0.4, 0.5) is 11.4 Å². The smallest absolute Gasteiger partial charge is 0.280 e. The first-order valence-corrected chi connectivity index (χ1v) is 7.91. The van der Waals surface area contributed by atoms with Gasteiger partial charge in [0.15, 0.2) is 0 Å². The minimum atomic E-state index is -0.0898. The summed E-state index contributed by atoms with van der Waals surface area (Å²) in [6, 6.07) is 15.9. The second kappa shape index (κ2) is 6.32. The number of aryl methyl sites for hydroxylation is 1. The Morgan fingerprint density at radius 3 is 2.17 bits per heavy atom. The number of benzene rings is 2. The summed E-state index contributed by atoms with van der Waals surface area (Å²) in [5, 5.41) is 5.88. The third-order valence-corrected chi connectivity index (χ3v) is 4.06. The molecule has 0 saturated heterocycles. The largest absolute Gasteiger partial charge is 0.378 e.